The van der Waals surface area contributed by atoms with Gasteiger partial charge in [-0.3, -0.25) is 0 Å². The molecule has 0 atom stereocenters. The predicted molar refractivity (Wildman–Crippen MR) is 76.0 cm³/mol. The fourth-order valence-corrected chi connectivity index (χ4v) is 2.30. The second-order valence-corrected chi connectivity index (χ2v) is 6.32. The molecule has 1 fully saturated rings. The molecule has 0 N–H and O–H groups in total. The van der Waals surface area contributed by atoms with Gasteiger partial charge in [-0.1, -0.05) is 23.7 Å². The lowest BCUT2D eigenvalue weighted by molar-refractivity contribution is 0.00578. The van der Waals surface area contributed by atoms with E-state index in [0.717, 1.165) is 16.9 Å². The van der Waals surface area contributed by atoms with Crippen molar-refractivity contribution in [2.45, 2.75) is 52.1 Å². The molecule has 18 heavy (non-hydrogen) atoms. The third kappa shape index (κ3) is 2.44. The van der Waals surface area contributed by atoms with E-state index in [0.29, 0.717) is 0 Å². The van der Waals surface area contributed by atoms with Gasteiger partial charge in [0.1, 0.15) is 0 Å². The molecule has 4 heteroatoms. The minimum atomic E-state index is -0.274. The fraction of sp³-hybridized carbons (Fsp3) is 0.571. The zero-order valence-electron chi connectivity index (χ0n) is 11.7. The van der Waals surface area contributed by atoms with Gasteiger partial charge in [0, 0.05) is 11.3 Å². The molecule has 0 spiro atoms. The largest absolute Gasteiger partial charge is 0.462 e. The summed E-state index contributed by atoms with van der Waals surface area (Å²) in [6, 6.07) is 5.95. The van der Waals surface area contributed by atoms with Gasteiger partial charge >= 0.3 is 7.12 Å². The third-order valence-electron chi connectivity index (χ3n) is 4.07. The van der Waals surface area contributed by atoms with E-state index in [1.165, 1.54) is 5.56 Å². The van der Waals surface area contributed by atoms with E-state index in [2.05, 4.69) is 33.8 Å². The van der Waals surface area contributed by atoms with Gasteiger partial charge in [0.25, 0.3) is 0 Å². The Kier molecular flexibility index (Phi) is 3.52. The highest BCUT2D eigenvalue weighted by atomic mass is 35.5. The molecule has 1 aliphatic rings. The minimum absolute atomic E-state index is 0.202. The molecule has 1 aliphatic heterocycles. The molecular weight excluding hydrogens is 246 g/mol. The first-order chi connectivity index (χ1) is 8.23. The molecule has 1 aromatic carbocycles. The van der Waals surface area contributed by atoms with Gasteiger partial charge in [0.05, 0.1) is 11.2 Å². The number of halogens is 1. The molecule has 1 heterocycles. The van der Waals surface area contributed by atoms with Crippen LogP contribution in [-0.4, -0.2) is 18.3 Å². The second kappa shape index (κ2) is 4.55. The van der Waals surface area contributed by atoms with Crippen LogP contribution in [0.1, 0.15) is 38.8 Å². The molecule has 0 amide bonds. The average Bonchev–Trinajstić information content (AvgIpc) is 2.43. The standard InChI is InChI=1S/C14H20BClO2/c1-10-11(7-6-8-12(10)16)9-15-17-13(2,3)14(4,5)18-15/h6-8H,9H2,1-5H3. The Balaban J connectivity index is 2.15. The van der Waals surface area contributed by atoms with Crippen LogP contribution in [0.3, 0.4) is 0 Å². The van der Waals surface area contributed by atoms with Gasteiger partial charge in [0.2, 0.25) is 0 Å². The Bertz CT molecular complexity index is 441. The normalized spacial score (nSPS) is 21.3. The summed E-state index contributed by atoms with van der Waals surface area (Å²) in [5.74, 6) is 0. The van der Waals surface area contributed by atoms with Crippen LogP contribution in [0.25, 0.3) is 0 Å². The van der Waals surface area contributed by atoms with E-state index in [4.69, 9.17) is 20.9 Å². The van der Waals surface area contributed by atoms with Crippen molar-refractivity contribution in [3.63, 3.8) is 0 Å². The van der Waals surface area contributed by atoms with Crippen molar-refractivity contribution in [1.29, 1.82) is 0 Å². The number of rotatable bonds is 2. The molecule has 0 aliphatic carbocycles. The minimum Gasteiger partial charge on any atom is -0.403 e. The Morgan fingerprint density at radius 1 is 1.11 bits per heavy atom. The van der Waals surface area contributed by atoms with Crippen molar-refractivity contribution in [2.75, 3.05) is 0 Å². The lowest BCUT2D eigenvalue weighted by Crippen LogP contribution is -2.41. The number of hydrogen-bond donors (Lipinski definition) is 0. The first-order valence-electron chi connectivity index (χ1n) is 6.32. The molecule has 0 aromatic heterocycles. The Labute approximate surface area is 115 Å². The van der Waals surface area contributed by atoms with Crippen LogP contribution < -0.4 is 0 Å². The lowest BCUT2D eigenvalue weighted by Gasteiger charge is -2.32. The van der Waals surface area contributed by atoms with Crippen LogP contribution in [0.2, 0.25) is 5.02 Å². The molecule has 98 valence electrons. The Morgan fingerprint density at radius 2 is 1.67 bits per heavy atom. The molecule has 2 rings (SSSR count). The van der Waals surface area contributed by atoms with E-state index < -0.39 is 0 Å². The second-order valence-electron chi connectivity index (χ2n) is 5.91. The maximum Gasteiger partial charge on any atom is 0.462 e. The van der Waals surface area contributed by atoms with Crippen LogP contribution >= 0.6 is 11.6 Å². The predicted octanol–water partition coefficient (Wildman–Crippen LogP) is 3.82. The molecule has 0 unspecified atom stereocenters. The highest BCUT2D eigenvalue weighted by Crippen LogP contribution is 2.37. The monoisotopic (exact) mass is 266 g/mol. The molecule has 0 radical (unpaired) electrons. The number of hydrogen-bond acceptors (Lipinski definition) is 2. The summed E-state index contributed by atoms with van der Waals surface area (Å²) in [6.45, 7) is 10.3. The van der Waals surface area contributed by atoms with Crippen LogP contribution in [0.15, 0.2) is 18.2 Å². The maximum absolute atomic E-state index is 6.13. The van der Waals surface area contributed by atoms with Crippen molar-refractivity contribution in [1.82, 2.24) is 0 Å². The van der Waals surface area contributed by atoms with Gasteiger partial charge < -0.3 is 9.31 Å². The van der Waals surface area contributed by atoms with Crippen molar-refractivity contribution < 1.29 is 9.31 Å². The van der Waals surface area contributed by atoms with E-state index in [-0.39, 0.29) is 18.3 Å². The average molecular weight is 267 g/mol. The zero-order valence-corrected chi connectivity index (χ0v) is 12.5. The fourth-order valence-electron chi connectivity index (χ4n) is 2.10. The first-order valence-corrected chi connectivity index (χ1v) is 6.70. The molecular formula is C14H20BClO2. The van der Waals surface area contributed by atoms with E-state index >= 15 is 0 Å². The van der Waals surface area contributed by atoms with Crippen LogP contribution in [0.5, 0.6) is 0 Å². The van der Waals surface area contributed by atoms with Crippen molar-refractivity contribution in [2.24, 2.45) is 0 Å². The quantitative estimate of drug-likeness (QED) is 0.758. The van der Waals surface area contributed by atoms with Crippen LogP contribution in [-0.2, 0) is 15.6 Å². The first kappa shape index (κ1) is 13.9. The summed E-state index contributed by atoms with van der Waals surface area (Å²) in [4.78, 5) is 0. The molecule has 0 bridgehead atoms. The summed E-state index contributed by atoms with van der Waals surface area (Å²) in [7, 11) is -0.202. The van der Waals surface area contributed by atoms with Gasteiger partial charge in [0.15, 0.2) is 0 Å². The molecule has 1 saturated heterocycles. The maximum atomic E-state index is 6.13. The Morgan fingerprint density at radius 3 is 2.22 bits per heavy atom. The van der Waals surface area contributed by atoms with E-state index in [9.17, 15) is 0 Å². The van der Waals surface area contributed by atoms with Crippen LogP contribution in [0, 0.1) is 6.92 Å². The Hall–Kier alpha value is -0.505. The smallest absolute Gasteiger partial charge is 0.403 e. The topological polar surface area (TPSA) is 18.5 Å². The van der Waals surface area contributed by atoms with Crippen molar-refractivity contribution in [3.8, 4) is 0 Å². The van der Waals surface area contributed by atoms with Gasteiger partial charge in [-0.05, 0) is 51.8 Å². The summed E-state index contributed by atoms with van der Waals surface area (Å²) >= 11 is 6.13. The molecule has 1 aromatic rings. The third-order valence-corrected chi connectivity index (χ3v) is 4.48. The zero-order chi connectivity index (χ0) is 13.6. The lowest BCUT2D eigenvalue weighted by atomic mass is 9.79. The SMILES string of the molecule is Cc1c(Cl)cccc1CB1OC(C)(C)C(C)(C)O1. The van der Waals surface area contributed by atoms with E-state index in [1.54, 1.807) is 0 Å². The summed E-state index contributed by atoms with van der Waals surface area (Å²) in [5.41, 5.74) is 1.74. The van der Waals surface area contributed by atoms with E-state index in [1.807, 2.05) is 19.1 Å². The highest BCUT2D eigenvalue weighted by Gasteiger charge is 2.50. The van der Waals surface area contributed by atoms with Gasteiger partial charge in [-0.2, -0.15) is 0 Å². The van der Waals surface area contributed by atoms with Crippen LogP contribution in [0.4, 0.5) is 0 Å². The summed E-state index contributed by atoms with van der Waals surface area (Å²) < 4.78 is 12.0. The number of benzene rings is 1. The van der Waals surface area contributed by atoms with Gasteiger partial charge in [-0.15, -0.1) is 0 Å². The molecule has 0 saturated carbocycles. The van der Waals surface area contributed by atoms with Gasteiger partial charge in [-0.25, -0.2) is 0 Å². The highest BCUT2D eigenvalue weighted by molar-refractivity contribution is 6.45. The van der Waals surface area contributed by atoms with Crippen molar-refractivity contribution in [3.05, 3.63) is 34.3 Å². The molecule has 2 nitrogen and oxygen atoms in total. The van der Waals surface area contributed by atoms with Crippen molar-refractivity contribution >= 4 is 18.7 Å². The summed E-state index contributed by atoms with van der Waals surface area (Å²) in [5, 5.41) is 0.795. The summed E-state index contributed by atoms with van der Waals surface area (Å²) in [6.07, 6.45) is 0.735.